The van der Waals surface area contributed by atoms with Gasteiger partial charge >= 0.3 is 0 Å². The highest BCUT2D eigenvalue weighted by Crippen LogP contribution is 2.24. The van der Waals surface area contributed by atoms with E-state index < -0.39 is 0 Å². The van der Waals surface area contributed by atoms with Gasteiger partial charge in [0, 0.05) is 12.3 Å². The minimum Gasteiger partial charge on any atom is -0.491 e. The van der Waals surface area contributed by atoms with E-state index in [0.717, 1.165) is 29.0 Å². The first-order valence-electron chi connectivity index (χ1n) is 7.05. The molecule has 5 nitrogen and oxygen atoms in total. The van der Waals surface area contributed by atoms with Crippen molar-refractivity contribution in [2.24, 2.45) is 0 Å². The van der Waals surface area contributed by atoms with Crippen molar-refractivity contribution < 1.29 is 4.74 Å². The van der Waals surface area contributed by atoms with E-state index in [4.69, 9.17) is 10.5 Å². The predicted molar refractivity (Wildman–Crippen MR) is 83.7 cm³/mol. The molecule has 0 aliphatic heterocycles. The first kappa shape index (κ1) is 13.4. The average Bonchev–Trinajstić information content (AvgIpc) is 2.83. The standard InChI is InChI=1S/C16H18N4O/c1-3-11(2)21-13-7-4-6-12(10-13)20-15-14(19-16(20)17)8-5-9-18-15/h4-11H,3H2,1-2H3,(H2,17,19). The number of nitrogens with zero attached hydrogens (tertiary/aromatic N) is 3. The number of ether oxygens (including phenoxy) is 1. The number of anilines is 1. The van der Waals surface area contributed by atoms with Crippen molar-refractivity contribution in [3.63, 3.8) is 0 Å². The van der Waals surface area contributed by atoms with Gasteiger partial charge in [0.2, 0.25) is 5.95 Å². The van der Waals surface area contributed by atoms with Crippen LogP contribution in [-0.4, -0.2) is 20.6 Å². The summed E-state index contributed by atoms with van der Waals surface area (Å²) in [6, 6.07) is 11.6. The van der Waals surface area contributed by atoms with Crippen LogP contribution in [0.1, 0.15) is 20.3 Å². The first-order valence-corrected chi connectivity index (χ1v) is 7.05. The van der Waals surface area contributed by atoms with Crippen molar-refractivity contribution in [2.75, 3.05) is 5.73 Å². The molecule has 1 unspecified atom stereocenters. The minimum absolute atomic E-state index is 0.176. The number of fused-ring (bicyclic) bond motifs is 1. The van der Waals surface area contributed by atoms with Crippen molar-refractivity contribution in [3.05, 3.63) is 42.6 Å². The van der Waals surface area contributed by atoms with Gasteiger partial charge in [-0.3, -0.25) is 4.57 Å². The molecule has 1 atom stereocenters. The molecule has 3 aromatic rings. The fraction of sp³-hybridized carbons (Fsp3) is 0.250. The maximum Gasteiger partial charge on any atom is 0.207 e. The molecule has 2 heterocycles. The van der Waals surface area contributed by atoms with Crippen LogP contribution >= 0.6 is 0 Å². The van der Waals surface area contributed by atoms with Crippen LogP contribution < -0.4 is 10.5 Å². The molecule has 21 heavy (non-hydrogen) atoms. The van der Waals surface area contributed by atoms with E-state index in [9.17, 15) is 0 Å². The molecule has 2 aromatic heterocycles. The lowest BCUT2D eigenvalue weighted by Gasteiger charge is -2.14. The van der Waals surface area contributed by atoms with Gasteiger partial charge in [-0.15, -0.1) is 0 Å². The maximum atomic E-state index is 6.03. The van der Waals surface area contributed by atoms with E-state index in [1.807, 2.05) is 41.0 Å². The second kappa shape index (κ2) is 5.44. The van der Waals surface area contributed by atoms with Gasteiger partial charge in [0.1, 0.15) is 11.3 Å². The van der Waals surface area contributed by atoms with Crippen molar-refractivity contribution in [3.8, 4) is 11.4 Å². The Morgan fingerprint density at radius 3 is 2.95 bits per heavy atom. The highest BCUT2D eigenvalue weighted by molar-refractivity contribution is 5.76. The quantitative estimate of drug-likeness (QED) is 0.798. The van der Waals surface area contributed by atoms with Crippen LogP contribution in [0, 0.1) is 0 Å². The minimum atomic E-state index is 0.176. The van der Waals surface area contributed by atoms with E-state index in [1.54, 1.807) is 6.20 Å². The molecule has 0 radical (unpaired) electrons. The monoisotopic (exact) mass is 282 g/mol. The highest BCUT2D eigenvalue weighted by atomic mass is 16.5. The second-order valence-corrected chi connectivity index (χ2v) is 4.99. The Morgan fingerprint density at radius 1 is 1.29 bits per heavy atom. The Morgan fingerprint density at radius 2 is 2.14 bits per heavy atom. The predicted octanol–water partition coefficient (Wildman–Crippen LogP) is 3.18. The lowest BCUT2D eigenvalue weighted by molar-refractivity contribution is 0.217. The zero-order chi connectivity index (χ0) is 14.8. The Hall–Kier alpha value is -2.56. The summed E-state index contributed by atoms with van der Waals surface area (Å²) in [4.78, 5) is 8.70. The number of rotatable bonds is 4. The summed E-state index contributed by atoms with van der Waals surface area (Å²) in [5.74, 6) is 1.24. The Bertz CT molecular complexity index is 766. The number of hydrogen-bond acceptors (Lipinski definition) is 4. The summed E-state index contributed by atoms with van der Waals surface area (Å²) in [6.45, 7) is 4.15. The molecule has 1 aromatic carbocycles. The van der Waals surface area contributed by atoms with Gasteiger partial charge in [-0.25, -0.2) is 9.97 Å². The summed E-state index contributed by atoms with van der Waals surface area (Å²) in [5, 5.41) is 0. The molecule has 0 aliphatic rings. The Labute approximate surface area is 123 Å². The molecule has 108 valence electrons. The number of benzene rings is 1. The third-order valence-corrected chi connectivity index (χ3v) is 3.43. The fourth-order valence-electron chi connectivity index (χ4n) is 2.20. The molecule has 0 saturated carbocycles. The number of nitrogen functional groups attached to an aromatic ring is 1. The Balaban J connectivity index is 2.06. The molecule has 5 heteroatoms. The molecule has 0 fully saturated rings. The van der Waals surface area contributed by atoms with E-state index in [1.165, 1.54) is 0 Å². The van der Waals surface area contributed by atoms with Crippen molar-refractivity contribution >= 4 is 17.1 Å². The zero-order valence-electron chi connectivity index (χ0n) is 12.2. The molecule has 0 saturated heterocycles. The van der Waals surface area contributed by atoms with Crippen LogP contribution in [0.25, 0.3) is 16.9 Å². The van der Waals surface area contributed by atoms with E-state index in [2.05, 4.69) is 23.8 Å². The molecular formula is C16H18N4O. The van der Waals surface area contributed by atoms with Gasteiger partial charge in [0.05, 0.1) is 11.8 Å². The van der Waals surface area contributed by atoms with Crippen molar-refractivity contribution in [2.45, 2.75) is 26.4 Å². The lowest BCUT2D eigenvalue weighted by Crippen LogP contribution is -2.10. The number of imidazole rings is 1. The number of aromatic nitrogens is 3. The zero-order valence-corrected chi connectivity index (χ0v) is 12.2. The number of hydrogen-bond donors (Lipinski definition) is 1. The van der Waals surface area contributed by atoms with Crippen LogP contribution in [0.2, 0.25) is 0 Å². The molecule has 0 bridgehead atoms. The summed E-state index contributed by atoms with van der Waals surface area (Å²) >= 11 is 0. The maximum absolute atomic E-state index is 6.03. The smallest absolute Gasteiger partial charge is 0.207 e. The van der Waals surface area contributed by atoms with E-state index in [-0.39, 0.29) is 6.10 Å². The molecule has 2 N–H and O–H groups in total. The van der Waals surface area contributed by atoms with Crippen molar-refractivity contribution in [1.82, 2.24) is 14.5 Å². The number of pyridine rings is 1. The van der Waals surface area contributed by atoms with Crippen LogP contribution in [-0.2, 0) is 0 Å². The van der Waals surface area contributed by atoms with Gasteiger partial charge in [-0.05, 0) is 37.6 Å². The molecular weight excluding hydrogens is 264 g/mol. The van der Waals surface area contributed by atoms with Gasteiger partial charge in [0.25, 0.3) is 0 Å². The molecule has 0 amide bonds. The summed E-state index contributed by atoms with van der Waals surface area (Å²) < 4.78 is 7.69. The van der Waals surface area contributed by atoms with E-state index in [0.29, 0.717) is 5.95 Å². The van der Waals surface area contributed by atoms with Crippen molar-refractivity contribution in [1.29, 1.82) is 0 Å². The first-order chi connectivity index (χ1) is 10.2. The summed E-state index contributed by atoms with van der Waals surface area (Å²) in [6.07, 6.45) is 2.87. The molecule has 0 spiro atoms. The second-order valence-electron chi connectivity index (χ2n) is 4.99. The SMILES string of the molecule is CCC(C)Oc1cccc(-n2c(N)nc3cccnc32)c1. The fourth-order valence-corrected chi connectivity index (χ4v) is 2.20. The van der Waals surface area contributed by atoms with Crippen LogP contribution in [0.15, 0.2) is 42.6 Å². The van der Waals surface area contributed by atoms with Crippen LogP contribution in [0.5, 0.6) is 5.75 Å². The summed E-state index contributed by atoms with van der Waals surface area (Å²) in [5.41, 5.74) is 8.46. The van der Waals surface area contributed by atoms with Gasteiger partial charge in [0.15, 0.2) is 5.65 Å². The lowest BCUT2D eigenvalue weighted by atomic mass is 10.2. The topological polar surface area (TPSA) is 66.0 Å². The number of nitrogens with two attached hydrogens (primary N) is 1. The third kappa shape index (κ3) is 2.54. The third-order valence-electron chi connectivity index (χ3n) is 3.43. The average molecular weight is 282 g/mol. The van der Waals surface area contributed by atoms with Crippen LogP contribution in [0.3, 0.4) is 0 Å². The summed E-state index contributed by atoms with van der Waals surface area (Å²) in [7, 11) is 0. The normalized spacial score (nSPS) is 12.5. The Kier molecular flexibility index (Phi) is 3.48. The van der Waals surface area contributed by atoms with Gasteiger partial charge in [-0.1, -0.05) is 13.0 Å². The van der Waals surface area contributed by atoms with Gasteiger partial charge in [-0.2, -0.15) is 0 Å². The highest BCUT2D eigenvalue weighted by Gasteiger charge is 2.11. The van der Waals surface area contributed by atoms with E-state index >= 15 is 0 Å². The van der Waals surface area contributed by atoms with Gasteiger partial charge < -0.3 is 10.5 Å². The van der Waals surface area contributed by atoms with Crippen LogP contribution in [0.4, 0.5) is 5.95 Å². The molecule has 3 rings (SSSR count). The largest absolute Gasteiger partial charge is 0.491 e. The molecule has 0 aliphatic carbocycles.